The van der Waals surface area contributed by atoms with E-state index in [2.05, 4.69) is 9.97 Å². The average molecular weight is 288 g/mol. The van der Waals surface area contributed by atoms with E-state index >= 15 is 0 Å². The standard InChI is InChI=1S/C15H13N3O.ClH/c1-2-18-8-6-11-9-14(13-5-3-4-7-16-13)17-15(19)12(11)10-18;/h3-10H,2H2,1H3;1H. The molecular formula is C15H14ClN3O. The van der Waals surface area contributed by atoms with Crippen LogP contribution in [0, 0.1) is 0 Å². The molecule has 0 saturated heterocycles. The third kappa shape index (κ3) is 2.56. The molecule has 0 aromatic carbocycles. The van der Waals surface area contributed by atoms with Gasteiger partial charge in [-0.25, -0.2) is 4.57 Å². The van der Waals surface area contributed by atoms with Crippen LogP contribution < -0.4 is 22.5 Å². The van der Waals surface area contributed by atoms with Gasteiger partial charge in [-0.1, -0.05) is 6.07 Å². The molecule has 3 aromatic heterocycles. The fourth-order valence-corrected chi connectivity index (χ4v) is 2.10. The van der Waals surface area contributed by atoms with Crippen molar-refractivity contribution in [3.63, 3.8) is 0 Å². The molecule has 3 heterocycles. The van der Waals surface area contributed by atoms with Crippen molar-refractivity contribution in [3.8, 4) is 11.4 Å². The first-order valence-corrected chi connectivity index (χ1v) is 6.25. The third-order valence-electron chi connectivity index (χ3n) is 3.15. The lowest BCUT2D eigenvalue weighted by Gasteiger charge is -2.02. The number of halogens is 1. The number of pyridine rings is 3. The van der Waals surface area contributed by atoms with E-state index in [0.717, 1.165) is 23.3 Å². The van der Waals surface area contributed by atoms with Gasteiger partial charge in [0.05, 0.1) is 11.4 Å². The highest BCUT2D eigenvalue weighted by Gasteiger charge is 2.08. The zero-order chi connectivity index (χ0) is 13.2. The Labute approximate surface area is 122 Å². The second kappa shape index (κ2) is 5.84. The van der Waals surface area contributed by atoms with Crippen molar-refractivity contribution in [2.24, 2.45) is 0 Å². The maximum absolute atomic E-state index is 12.1. The van der Waals surface area contributed by atoms with Crippen LogP contribution in [0.3, 0.4) is 0 Å². The molecule has 0 aliphatic rings. The molecule has 1 N–H and O–H groups in total. The third-order valence-corrected chi connectivity index (χ3v) is 3.15. The zero-order valence-electron chi connectivity index (χ0n) is 11.0. The van der Waals surface area contributed by atoms with Crippen molar-refractivity contribution < 1.29 is 17.0 Å². The molecule has 20 heavy (non-hydrogen) atoms. The van der Waals surface area contributed by atoms with Gasteiger partial charge in [0, 0.05) is 17.6 Å². The van der Waals surface area contributed by atoms with Crippen LogP contribution in [-0.2, 0) is 6.54 Å². The number of fused-ring (bicyclic) bond motifs is 1. The van der Waals surface area contributed by atoms with E-state index in [-0.39, 0.29) is 18.0 Å². The fraction of sp³-hybridized carbons (Fsp3) is 0.133. The summed E-state index contributed by atoms with van der Waals surface area (Å²) in [6, 6.07) is 9.56. The first-order chi connectivity index (χ1) is 9.28. The molecule has 0 amide bonds. The van der Waals surface area contributed by atoms with Crippen molar-refractivity contribution in [1.29, 1.82) is 0 Å². The summed E-state index contributed by atoms with van der Waals surface area (Å²) in [7, 11) is 0. The molecule has 0 aliphatic heterocycles. The number of H-pyrrole nitrogens is 1. The minimum atomic E-state index is -0.0825. The van der Waals surface area contributed by atoms with E-state index in [0.29, 0.717) is 5.39 Å². The van der Waals surface area contributed by atoms with Crippen LogP contribution in [0.2, 0.25) is 0 Å². The average Bonchev–Trinajstić information content (AvgIpc) is 2.48. The molecule has 3 aromatic rings. The van der Waals surface area contributed by atoms with E-state index in [1.54, 1.807) is 6.20 Å². The Morgan fingerprint density at radius 3 is 2.85 bits per heavy atom. The molecule has 0 bridgehead atoms. The number of aryl methyl sites for hydroxylation is 1. The van der Waals surface area contributed by atoms with Gasteiger partial charge in [-0.3, -0.25) is 9.78 Å². The van der Waals surface area contributed by atoms with E-state index in [4.69, 9.17) is 0 Å². The van der Waals surface area contributed by atoms with Gasteiger partial charge in [0.1, 0.15) is 11.9 Å². The summed E-state index contributed by atoms with van der Waals surface area (Å²) >= 11 is 0. The van der Waals surface area contributed by atoms with Crippen molar-refractivity contribution in [3.05, 3.63) is 59.3 Å². The number of nitrogens with one attached hydrogen (secondary N) is 1. The molecule has 0 spiro atoms. The number of nitrogens with zero attached hydrogens (tertiary/aromatic N) is 2. The Balaban J connectivity index is 0.00000147. The summed E-state index contributed by atoms with van der Waals surface area (Å²) in [4.78, 5) is 19.3. The summed E-state index contributed by atoms with van der Waals surface area (Å²) in [6.45, 7) is 2.89. The largest absolute Gasteiger partial charge is 1.00 e. The molecule has 0 saturated carbocycles. The van der Waals surface area contributed by atoms with Gasteiger partial charge in [-0.2, -0.15) is 0 Å². The summed E-state index contributed by atoms with van der Waals surface area (Å²) in [5, 5.41) is 1.62. The number of aromatic amines is 1. The molecule has 0 radical (unpaired) electrons. The predicted molar refractivity (Wildman–Crippen MR) is 73.7 cm³/mol. The predicted octanol–water partition coefficient (Wildman–Crippen LogP) is -1.10. The lowest BCUT2D eigenvalue weighted by atomic mass is 10.1. The molecule has 5 heteroatoms. The molecule has 3 rings (SSSR count). The molecule has 0 unspecified atom stereocenters. The zero-order valence-corrected chi connectivity index (χ0v) is 11.8. The minimum Gasteiger partial charge on any atom is -1.00 e. The molecule has 0 fully saturated rings. The molecular weight excluding hydrogens is 274 g/mol. The first kappa shape index (κ1) is 14.2. The SMILES string of the molecule is CC[n+]1ccc2cc(-c3ccccn3)[nH]c(=O)c2c1.[Cl-]. The summed E-state index contributed by atoms with van der Waals surface area (Å²) < 4.78 is 1.98. The Hall–Kier alpha value is -2.20. The second-order valence-electron chi connectivity index (χ2n) is 4.37. The van der Waals surface area contributed by atoms with Crippen molar-refractivity contribution in [2.75, 3.05) is 0 Å². The van der Waals surface area contributed by atoms with Crippen LogP contribution in [-0.4, -0.2) is 9.97 Å². The molecule has 102 valence electrons. The Morgan fingerprint density at radius 2 is 2.15 bits per heavy atom. The highest BCUT2D eigenvalue weighted by atomic mass is 35.5. The van der Waals surface area contributed by atoms with E-state index in [1.165, 1.54) is 0 Å². The van der Waals surface area contributed by atoms with Crippen LogP contribution in [0.25, 0.3) is 22.2 Å². The number of rotatable bonds is 2. The molecule has 0 aliphatic carbocycles. The highest BCUT2D eigenvalue weighted by molar-refractivity contribution is 5.83. The monoisotopic (exact) mass is 287 g/mol. The Kier molecular flexibility index (Phi) is 4.15. The topological polar surface area (TPSA) is 49.6 Å². The summed E-state index contributed by atoms with van der Waals surface area (Å²) in [5.41, 5.74) is 1.43. The first-order valence-electron chi connectivity index (χ1n) is 6.25. The summed E-state index contributed by atoms with van der Waals surface area (Å²) in [5.74, 6) is 0. The van der Waals surface area contributed by atoms with Crippen molar-refractivity contribution >= 4 is 10.8 Å². The van der Waals surface area contributed by atoms with Crippen LogP contribution in [0.5, 0.6) is 0 Å². The number of aromatic nitrogens is 3. The Morgan fingerprint density at radius 1 is 1.30 bits per heavy atom. The van der Waals surface area contributed by atoms with Crippen LogP contribution in [0.15, 0.2) is 53.7 Å². The van der Waals surface area contributed by atoms with Gasteiger partial charge in [0.25, 0.3) is 5.56 Å². The fourth-order valence-electron chi connectivity index (χ4n) is 2.10. The number of hydrogen-bond donors (Lipinski definition) is 1. The van der Waals surface area contributed by atoms with Crippen LogP contribution >= 0.6 is 0 Å². The smallest absolute Gasteiger partial charge is 0.262 e. The quantitative estimate of drug-likeness (QED) is 0.609. The van der Waals surface area contributed by atoms with Crippen LogP contribution in [0.1, 0.15) is 6.92 Å². The van der Waals surface area contributed by atoms with Crippen molar-refractivity contribution in [1.82, 2.24) is 9.97 Å². The van der Waals surface area contributed by atoms with Gasteiger partial charge in [-0.05, 0) is 25.1 Å². The second-order valence-corrected chi connectivity index (χ2v) is 4.37. The van der Waals surface area contributed by atoms with Gasteiger partial charge < -0.3 is 17.4 Å². The van der Waals surface area contributed by atoms with Gasteiger partial charge >= 0.3 is 0 Å². The molecule has 4 nitrogen and oxygen atoms in total. The van der Waals surface area contributed by atoms with Gasteiger partial charge in [-0.15, -0.1) is 0 Å². The molecule has 0 atom stereocenters. The normalized spacial score (nSPS) is 10.2. The maximum Gasteiger partial charge on any atom is 0.262 e. The minimum absolute atomic E-state index is 0. The van der Waals surface area contributed by atoms with E-state index in [1.807, 2.05) is 54.2 Å². The van der Waals surface area contributed by atoms with Crippen molar-refractivity contribution in [2.45, 2.75) is 13.5 Å². The van der Waals surface area contributed by atoms with E-state index in [9.17, 15) is 4.79 Å². The summed E-state index contributed by atoms with van der Waals surface area (Å²) in [6.07, 6.45) is 5.56. The lowest BCUT2D eigenvalue weighted by molar-refractivity contribution is -0.692. The van der Waals surface area contributed by atoms with Gasteiger partial charge in [0.15, 0.2) is 12.4 Å². The maximum atomic E-state index is 12.1. The number of hydrogen-bond acceptors (Lipinski definition) is 2. The van der Waals surface area contributed by atoms with E-state index < -0.39 is 0 Å². The van der Waals surface area contributed by atoms with Gasteiger partial charge in [0.2, 0.25) is 0 Å². The Bertz CT molecular complexity index is 784. The highest BCUT2D eigenvalue weighted by Crippen LogP contribution is 2.16. The lowest BCUT2D eigenvalue weighted by Crippen LogP contribution is -3.00. The van der Waals surface area contributed by atoms with Crippen LogP contribution in [0.4, 0.5) is 0 Å².